The van der Waals surface area contributed by atoms with Crippen LogP contribution in [0.5, 0.6) is 11.5 Å². The van der Waals surface area contributed by atoms with Crippen molar-refractivity contribution in [3.8, 4) is 11.5 Å². The fourth-order valence-electron chi connectivity index (χ4n) is 2.57. The molecular formula is C18H24O11. The second kappa shape index (κ2) is 10.5. The van der Waals surface area contributed by atoms with Crippen LogP contribution in [0.1, 0.15) is 5.56 Å². The lowest BCUT2D eigenvalue weighted by Crippen LogP contribution is -2.60. The van der Waals surface area contributed by atoms with Gasteiger partial charge in [-0.1, -0.05) is 6.07 Å². The van der Waals surface area contributed by atoms with E-state index in [1.54, 1.807) is 0 Å². The van der Waals surface area contributed by atoms with Crippen LogP contribution < -0.4 is 0 Å². The third-order valence-electron chi connectivity index (χ3n) is 4.15. The van der Waals surface area contributed by atoms with Crippen molar-refractivity contribution in [1.82, 2.24) is 0 Å². The number of hydrogen-bond acceptors (Lipinski definition) is 11. The summed E-state index contributed by atoms with van der Waals surface area (Å²) in [6, 6.07) is 3.85. The van der Waals surface area contributed by atoms with Gasteiger partial charge in [0.2, 0.25) is 0 Å². The topological polar surface area (TPSA) is 186 Å². The molecule has 1 aromatic carbocycles. The van der Waals surface area contributed by atoms with Crippen molar-refractivity contribution in [2.75, 3.05) is 19.8 Å². The summed E-state index contributed by atoms with van der Waals surface area (Å²) in [5.41, 5.74) is 0.373. The van der Waals surface area contributed by atoms with Crippen LogP contribution in [0, 0.1) is 0 Å². The molecule has 1 fully saturated rings. The predicted molar refractivity (Wildman–Crippen MR) is 95.5 cm³/mol. The van der Waals surface area contributed by atoms with Gasteiger partial charge in [0, 0.05) is 6.08 Å². The first-order valence-corrected chi connectivity index (χ1v) is 8.70. The minimum Gasteiger partial charge on any atom is -0.504 e. The van der Waals surface area contributed by atoms with Gasteiger partial charge in [0.05, 0.1) is 19.8 Å². The normalized spacial score (nSPS) is 28.4. The zero-order valence-electron chi connectivity index (χ0n) is 15.2. The first-order chi connectivity index (χ1) is 13.8. The lowest BCUT2D eigenvalue weighted by atomic mass is 9.99. The van der Waals surface area contributed by atoms with Crippen LogP contribution in [0.3, 0.4) is 0 Å². The number of carbonyl (C=O) groups is 1. The third-order valence-corrected chi connectivity index (χ3v) is 4.15. The minimum absolute atomic E-state index is 0.328. The van der Waals surface area contributed by atoms with Gasteiger partial charge < -0.3 is 50.0 Å². The maximum atomic E-state index is 12.1. The number of rotatable bonds is 8. The highest BCUT2D eigenvalue weighted by molar-refractivity contribution is 5.87. The van der Waals surface area contributed by atoms with E-state index in [0.29, 0.717) is 5.56 Å². The fourth-order valence-corrected chi connectivity index (χ4v) is 2.57. The summed E-state index contributed by atoms with van der Waals surface area (Å²) in [6.07, 6.45) is -6.38. The average molecular weight is 416 g/mol. The SMILES string of the molecule is O=C(C=Cc1ccc(O)c(O)c1)O[C@H]1[C@H](O)[C@@H](OC[C@@H](O)CO)O[C@@H](CO)[C@H]1O. The number of aliphatic hydroxyl groups excluding tert-OH is 5. The van der Waals surface area contributed by atoms with E-state index < -0.39 is 62.6 Å². The first-order valence-electron chi connectivity index (χ1n) is 8.70. The molecule has 2 rings (SSSR count). The van der Waals surface area contributed by atoms with E-state index >= 15 is 0 Å². The van der Waals surface area contributed by atoms with Crippen molar-refractivity contribution in [3.05, 3.63) is 29.8 Å². The number of aromatic hydroxyl groups is 2. The average Bonchev–Trinajstić information content (AvgIpc) is 2.71. The molecule has 1 aliphatic heterocycles. The van der Waals surface area contributed by atoms with Gasteiger partial charge in [0.25, 0.3) is 0 Å². The van der Waals surface area contributed by atoms with Gasteiger partial charge in [0.15, 0.2) is 23.9 Å². The number of benzene rings is 1. The van der Waals surface area contributed by atoms with Crippen molar-refractivity contribution in [2.24, 2.45) is 0 Å². The zero-order chi connectivity index (χ0) is 21.6. The summed E-state index contributed by atoms with van der Waals surface area (Å²) < 4.78 is 15.4. The van der Waals surface area contributed by atoms with Crippen molar-refractivity contribution in [3.63, 3.8) is 0 Å². The lowest BCUT2D eigenvalue weighted by molar-refractivity contribution is -0.306. The van der Waals surface area contributed by atoms with Crippen LogP contribution in [0.4, 0.5) is 0 Å². The second-order valence-electron chi connectivity index (χ2n) is 6.36. The summed E-state index contributed by atoms with van der Waals surface area (Å²) >= 11 is 0. The largest absolute Gasteiger partial charge is 0.504 e. The molecule has 11 heteroatoms. The number of phenols is 2. The van der Waals surface area contributed by atoms with Gasteiger partial charge in [-0.05, 0) is 23.8 Å². The monoisotopic (exact) mass is 416 g/mol. The van der Waals surface area contributed by atoms with Crippen molar-refractivity contribution in [1.29, 1.82) is 0 Å². The molecule has 0 amide bonds. The van der Waals surface area contributed by atoms with E-state index in [2.05, 4.69) is 0 Å². The quantitative estimate of drug-likeness (QED) is 0.139. The smallest absolute Gasteiger partial charge is 0.331 e. The Morgan fingerprint density at radius 2 is 1.90 bits per heavy atom. The van der Waals surface area contributed by atoms with Gasteiger partial charge in [-0.3, -0.25) is 0 Å². The Hall–Kier alpha value is -2.25. The molecule has 0 aromatic heterocycles. The number of aliphatic hydroxyl groups is 5. The minimum atomic E-state index is -1.64. The molecule has 0 bridgehead atoms. The van der Waals surface area contributed by atoms with Crippen LogP contribution in [0.15, 0.2) is 24.3 Å². The van der Waals surface area contributed by atoms with Crippen LogP contribution in [0.25, 0.3) is 6.08 Å². The highest BCUT2D eigenvalue weighted by Crippen LogP contribution is 2.26. The Morgan fingerprint density at radius 1 is 1.17 bits per heavy atom. The van der Waals surface area contributed by atoms with E-state index in [0.717, 1.165) is 6.08 Å². The molecule has 1 saturated heterocycles. The molecule has 1 heterocycles. The molecular weight excluding hydrogens is 392 g/mol. The van der Waals surface area contributed by atoms with E-state index in [1.165, 1.54) is 24.3 Å². The van der Waals surface area contributed by atoms with E-state index in [9.17, 15) is 35.4 Å². The van der Waals surface area contributed by atoms with Crippen LogP contribution in [0.2, 0.25) is 0 Å². The second-order valence-corrected chi connectivity index (χ2v) is 6.36. The Bertz CT molecular complexity index is 707. The lowest BCUT2D eigenvalue weighted by Gasteiger charge is -2.41. The number of carbonyl (C=O) groups excluding carboxylic acids is 1. The summed E-state index contributed by atoms with van der Waals surface area (Å²) in [5, 5.41) is 66.7. The van der Waals surface area contributed by atoms with E-state index in [4.69, 9.17) is 19.3 Å². The Labute approximate surface area is 165 Å². The molecule has 0 aliphatic carbocycles. The third kappa shape index (κ3) is 6.11. The molecule has 11 nitrogen and oxygen atoms in total. The summed E-state index contributed by atoms with van der Waals surface area (Å²) in [7, 11) is 0. The molecule has 7 N–H and O–H groups in total. The van der Waals surface area contributed by atoms with Crippen LogP contribution >= 0.6 is 0 Å². The Balaban J connectivity index is 2.05. The Morgan fingerprint density at radius 3 is 2.52 bits per heavy atom. The number of esters is 1. The zero-order valence-corrected chi connectivity index (χ0v) is 15.2. The molecule has 0 saturated carbocycles. The van der Waals surface area contributed by atoms with Gasteiger partial charge in [-0.2, -0.15) is 0 Å². The number of phenolic OH excluding ortho intramolecular Hbond substituents is 2. The number of ether oxygens (including phenoxy) is 3. The first kappa shape index (κ1) is 23.0. The van der Waals surface area contributed by atoms with Gasteiger partial charge in [-0.25, -0.2) is 4.79 Å². The Kier molecular flexibility index (Phi) is 8.34. The van der Waals surface area contributed by atoms with E-state index in [1.807, 2.05) is 0 Å². The highest BCUT2D eigenvalue weighted by atomic mass is 16.7. The van der Waals surface area contributed by atoms with Crippen LogP contribution in [-0.2, 0) is 19.0 Å². The molecule has 0 unspecified atom stereocenters. The van der Waals surface area contributed by atoms with Crippen molar-refractivity contribution in [2.45, 2.75) is 36.8 Å². The molecule has 29 heavy (non-hydrogen) atoms. The van der Waals surface area contributed by atoms with Gasteiger partial charge >= 0.3 is 5.97 Å². The number of hydrogen-bond donors (Lipinski definition) is 7. The van der Waals surface area contributed by atoms with Crippen molar-refractivity contribution >= 4 is 12.0 Å². The summed E-state index contributed by atoms with van der Waals surface area (Å²) in [6.45, 7) is -1.66. The van der Waals surface area contributed by atoms with Gasteiger partial charge in [0.1, 0.15) is 24.4 Å². The fraction of sp³-hybridized carbons (Fsp3) is 0.500. The molecule has 1 aromatic rings. The van der Waals surface area contributed by atoms with E-state index in [-0.39, 0.29) is 11.5 Å². The summed E-state index contributed by atoms with van der Waals surface area (Å²) in [5.74, 6) is -1.66. The van der Waals surface area contributed by atoms with Crippen molar-refractivity contribution < 1.29 is 54.8 Å². The maximum Gasteiger partial charge on any atom is 0.331 e. The molecule has 0 spiro atoms. The molecule has 0 radical (unpaired) electrons. The molecule has 162 valence electrons. The standard InChI is InChI=1S/C18H24O11/c19-6-10(21)8-27-18-16(26)17(15(25)13(7-20)28-18)29-14(24)4-2-9-1-3-11(22)12(23)5-9/h1-5,10,13,15-23,25-26H,6-8H2/t10-,13-,15+,16-,17+,18-/m0/s1. The van der Waals surface area contributed by atoms with Crippen LogP contribution in [-0.4, -0.2) is 98.3 Å². The van der Waals surface area contributed by atoms with Gasteiger partial charge in [-0.15, -0.1) is 0 Å². The molecule has 1 aliphatic rings. The summed E-state index contributed by atoms with van der Waals surface area (Å²) in [4.78, 5) is 12.1. The highest BCUT2D eigenvalue weighted by Gasteiger charge is 2.47. The predicted octanol–water partition coefficient (Wildman–Crippen LogP) is -2.17. The maximum absolute atomic E-state index is 12.1. The molecule has 6 atom stereocenters.